The molecular weight excluding hydrogens is 347 g/mol. The van der Waals surface area contributed by atoms with Gasteiger partial charge in [-0.25, -0.2) is 4.39 Å². The first-order valence-corrected chi connectivity index (χ1v) is 8.94. The number of aromatic amines is 1. The van der Waals surface area contributed by atoms with Gasteiger partial charge in [-0.2, -0.15) is 0 Å². The summed E-state index contributed by atoms with van der Waals surface area (Å²) in [5.74, 6) is 0.000347. The average molecular weight is 366 g/mol. The fraction of sp³-hybridized carbons (Fsp3) is 0.238. The second kappa shape index (κ2) is 7.23. The van der Waals surface area contributed by atoms with Crippen LogP contribution in [0, 0.1) is 5.82 Å². The molecule has 1 N–H and O–H groups in total. The van der Waals surface area contributed by atoms with Crippen LogP contribution in [0.25, 0.3) is 10.9 Å². The number of carbonyl (C=O) groups excluding carboxylic acids is 1. The van der Waals surface area contributed by atoms with Gasteiger partial charge < -0.3 is 14.6 Å². The normalized spacial score (nSPS) is 17.1. The molecule has 1 fully saturated rings. The van der Waals surface area contributed by atoms with E-state index in [0.717, 1.165) is 18.6 Å². The van der Waals surface area contributed by atoms with E-state index in [4.69, 9.17) is 4.74 Å². The van der Waals surface area contributed by atoms with Gasteiger partial charge in [0.1, 0.15) is 23.2 Å². The number of piperidine rings is 1. The molecule has 0 bridgehead atoms. The maximum atomic E-state index is 13.3. The summed E-state index contributed by atoms with van der Waals surface area (Å²) >= 11 is 0. The highest BCUT2D eigenvalue weighted by Crippen LogP contribution is 2.20. The molecule has 1 aromatic heterocycles. The summed E-state index contributed by atoms with van der Waals surface area (Å²) in [4.78, 5) is 29.5. The predicted molar refractivity (Wildman–Crippen MR) is 101 cm³/mol. The number of pyridine rings is 1. The van der Waals surface area contributed by atoms with E-state index < -0.39 is 11.4 Å². The number of rotatable bonds is 3. The Hall–Kier alpha value is -3.15. The predicted octanol–water partition coefficient (Wildman–Crippen LogP) is 3.35. The fourth-order valence-corrected chi connectivity index (χ4v) is 3.41. The summed E-state index contributed by atoms with van der Waals surface area (Å²) in [7, 11) is 0. The minimum absolute atomic E-state index is 0.0643. The first-order valence-electron chi connectivity index (χ1n) is 8.94. The maximum Gasteiger partial charge on any atom is 0.261 e. The van der Waals surface area contributed by atoms with Crippen LogP contribution >= 0.6 is 0 Å². The Morgan fingerprint density at radius 1 is 1.15 bits per heavy atom. The highest BCUT2D eigenvalue weighted by Gasteiger charge is 2.27. The third-order valence-corrected chi connectivity index (χ3v) is 4.75. The van der Waals surface area contributed by atoms with Crippen LogP contribution in [0.3, 0.4) is 0 Å². The first kappa shape index (κ1) is 17.3. The van der Waals surface area contributed by atoms with Crippen molar-refractivity contribution in [2.45, 2.75) is 18.9 Å². The molecule has 1 unspecified atom stereocenters. The Balaban J connectivity index is 1.55. The summed E-state index contributed by atoms with van der Waals surface area (Å²) in [5.41, 5.74) is -0.0702. The van der Waals surface area contributed by atoms with Crippen LogP contribution in [-0.2, 0) is 0 Å². The second-order valence-electron chi connectivity index (χ2n) is 6.69. The summed E-state index contributed by atoms with van der Waals surface area (Å²) in [6.07, 6.45) is 1.55. The molecule has 27 heavy (non-hydrogen) atoms. The molecule has 1 atom stereocenters. The molecule has 4 rings (SSSR count). The fourth-order valence-electron chi connectivity index (χ4n) is 3.41. The van der Waals surface area contributed by atoms with Gasteiger partial charge in [0.2, 0.25) is 0 Å². The number of carbonyl (C=O) groups is 1. The second-order valence-corrected chi connectivity index (χ2v) is 6.69. The zero-order valence-corrected chi connectivity index (χ0v) is 14.7. The number of halogens is 1. The van der Waals surface area contributed by atoms with Gasteiger partial charge in [-0.05, 0) is 54.6 Å². The van der Waals surface area contributed by atoms with Crippen LogP contribution in [0.1, 0.15) is 23.2 Å². The van der Waals surface area contributed by atoms with Crippen LogP contribution in [0.4, 0.5) is 4.39 Å². The first-order chi connectivity index (χ1) is 13.1. The van der Waals surface area contributed by atoms with E-state index in [9.17, 15) is 14.0 Å². The number of hydrogen-bond donors (Lipinski definition) is 1. The number of fused-ring (bicyclic) bond motifs is 1. The van der Waals surface area contributed by atoms with Gasteiger partial charge in [0.25, 0.3) is 11.5 Å². The molecule has 3 aromatic rings. The molecular formula is C21H19FN2O3. The minimum Gasteiger partial charge on any atom is -0.489 e. The lowest BCUT2D eigenvalue weighted by atomic mass is 10.1. The van der Waals surface area contributed by atoms with Gasteiger partial charge in [-0.1, -0.05) is 18.2 Å². The van der Waals surface area contributed by atoms with Crippen molar-refractivity contribution in [3.63, 3.8) is 0 Å². The number of para-hydroxylation sites is 1. The quantitative estimate of drug-likeness (QED) is 0.773. The summed E-state index contributed by atoms with van der Waals surface area (Å²) in [6, 6.07) is 15.1. The third kappa shape index (κ3) is 3.69. The molecule has 0 saturated carbocycles. The van der Waals surface area contributed by atoms with E-state index in [0.29, 0.717) is 24.0 Å². The maximum absolute atomic E-state index is 13.3. The SMILES string of the molecule is O=C(c1cc2ccc(F)cc2[nH]c1=O)N1CCCC(Oc2ccccc2)C1. The average Bonchev–Trinajstić information content (AvgIpc) is 2.68. The lowest BCUT2D eigenvalue weighted by Gasteiger charge is -2.32. The van der Waals surface area contributed by atoms with Crippen LogP contribution in [0.5, 0.6) is 5.75 Å². The van der Waals surface area contributed by atoms with Crippen molar-refractivity contribution in [3.05, 3.63) is 76.3 Å². The highest BCUT2D eigenvalue weighted by atomic mass is 19.1. The molecule has 1 saturated heterocycles. The van der Waals surface area contributed by atoms with Crippen LogP contribution in [0.15, 0.2) is 59.4 Å². The number of likely N-dealkylation sites (tertiary alicyclic amines) is 1. The summed E-state index contributed by atoms with van der Waals surface area (Å²) in [6.45, 7) is 1.00. The van der Waals surface area contributed by atoms with Crippen LogP contribution in [-0.4, -0.2) is 35.0 Å². The van der Waals surface area contributed by atoms with Crippen molar-refractivity contribution in [1.29, 1.82) is 0 Å². The smallest absolute Gasteiger partial charge is 0.261 e. The van der Waals surface area contributed by atoms with Crippen molar-refractivity contribution in [3.8, 4) is 5.75 Å². The molecule has 2 heterocycles. The number of aromatic nitrogens is 1. The Morgan fingerprint density at radius 2 is 1.96 bits per heavy atom. The van der Waals surface area contributed by atoms with E-state index in [1.54, 1.807) is 11.0 Å². The standard InChI is InChI=1S/C21H19FN2O3/c22-15-9-8-14-11-18(20(25)23-19(14)12-15)21(26)24-10-4-7-17(13-24)27-16-5-2-1-3-6-16/h1-3,5-6,8-9,11-12,17H,4,7,10,13H2,(H,23,25). The zero-order valence-electron chi connectivity index (χ0n) is 14.7. The molecule has 5 nitrogen and oxygen atoms in total. The molecule has 138 valence electrons. The lowest BCUT2D eigenvalue weighted by molar-refractivity contribution is 0.0536. The zero-order chi connectivity index (χ0) is 18.8. The van der Waals surface area contributed by atoms with Gasteiger partial charge in [0.15, 0.2) is 0 Å². The highest BCUT2D eigenvalue weighted by molar-refractivity contribution is 5.97. The van der Waals surface area contributed by atoms with Crippen molar-refractivity contribution in [2.24, 2.45) is 0 Å². The van der Waals surface area contributed by atoms with Crippen molar-refractivity contribution >= 4 is 16.8 Å². The number of amides is 1. The van der Waals surface area contributed by atoms with E-state index in [1.807, 2.05) is 30.3 Å². The number of nitrogens with one attached hydrogen (secondary N) is 1. The number of H-pyrrole nitrogens is 1. The molecule has 0 radical (unpaired) electrons. The molecule has 2 aromatic carbocycles. The molecule has 1 aliphatic heterocycles. The van der Waals surface area contributed by atoms with Crippen LogP contribution in [0.2, 0.25) is 0 Å². The molecule has 0 aliphatic carbocycles. The summed E-state index contributed by atoms with van der Waals surface area (Å²) in [5, 5.41) is 0.619. The minimum atomic E-state index is -0.510. The van der Waals surface area contributed by atoms with E-state index >= 15 is 0 Å². The van der Waals surface area contributed by atoms with E-state index in [-0.39, 0.29) is 17.6 Å². The molecule has 1 aliphatic rings. The van der Waals surface area contributed by atoms with E-state index in [1.165, 1.54) is 18.2 Å². The van der Waals surface area contributed by atoms with Gasteiger partial charge in [-0.15, -0.1) is 0 Å². The Bertz CT molecular complexity index is 1030. The van der Waals surface area contributed by atoms with Gasteiger partial charge in [-0.3, -0.25) is 9.59 Å². The molecule has 1 amide bonds. The molecule has 6 heteroatoms. The number of ether oxygens (including phenoxy) is 1. The summed E-state index contributed by atoms with van der Waals surface area (Å²) < 4.78 is 19.3. The number of benzene rings is 2. The van der Waals surface area contributed by atoms with Crippen molar-refractivity contribution in [2.75, 3.05) is 13.1 Å². The number of hydrogen-bond acceptors (Lipinski definition) is 3. The Labute approximate surface area is 155 Å². The largest absolute Gasteiger partial charge is 0.489 e. The van der Waals surface area contributed by atoms with Crippen LogP contribution < -0.4 is 10.3 Å². The van der Waals surface area contributed by atoms with E-state index in [2.05, 4.69) is 4.98 Å². The monoisotopic (exact) mass is 366 g/mol. The molecule has 0 spiro atoms. The Kier molecular flexibility index (Phi) is 4.62. The van der Waals surface area contributed by atoms with Gasteiger partial charge >= 0.3 is 0 Å². The van der Waals surface area contributed by atoms with Gasteiger partial charge in [0, 0.05) is 6.54 Å². The lowest BCUT2D eigenvalue weighted by Crippen LogP contribution is -2.45. The Morgan fingerprint density at radius 3 is 2.78 bits per heavy atom. The third-order valence-electron chi connectivity index (χ3n) is 4.75. The van der Waals surface area contributed by atoms with Crippen molar-refractivity contribution in [1.82, 2.24) is 9.88 Å². The number of nitrogens with zero attached hydrogens (tertiary/aromatic N) is 1. The van der Waals surface area contributed by atoms with Gasteiger partial charge in [0.05, 0.1) is 12.1 Å². The topological polar surface area (TPSA) is 62.4 Å². The van der Waals surface area contributed by atoms with Crippen molar-refractivity contribution < 1.29 is 13.9 Å².